The van der Waals surface area contributed by atoms with Crippen molar-refractivity contribution in [2.24, 2.45) is 0 Å². The lowest BCUT2D eigenvalue weighted by molar-refractivity contribution is -0.115. The summed E-state index contributed by atoms with van der Waals surface area (Å²) in [5, 5.41) is 12.6. The predicted octanol–water partition coefficient (Wildman–Crippen LogP) is 5.49. The number of thiazole rings is 1. The number of carbonyl (C=O) groups excluding carboxylic acids is 1. The van der Waals surface area contributed by atoms with Crippen LogP contribution >= 0.6 is 34.9 Å². The van der Waals surface area contributed by atoms with E-state index in [1.165, 1.54) is 28.0 Å². The van der Waals surface area contributed by atoms with E-state index in [1.54, 1.807) is 11.8 Å². The molecule has 0 spiro atoms. The lowest BCUT2D eigenvalue weighted by Crippen LogP contribution is -2.22. The highest BCUT2D eigenvalue weighted by Gasteiger charge is 2.21. The largest absolute Gasteiger partial charge is 0.301 e. The molecule has 2 heterocycles. The van der Waals surface area contributed by atoms with Crippen molar-refractivity contribution in [2.75, 3.05) is 5.32 Å². The molecule has 2 aromatic carbocycles. The van der Waals surface area contributed by atoms with Crippen molar-refractivity contribution >= 4 is 56.1 Å². The van der Waals surface area contributed by atoms with Crippen LogP contribution in [0, 0.1) is 0 Å². The van der Waals surface area contributed by atoms with Crippen LogP contribution in [0.3, 0.4) is 0 Å². The number of hydrogen-bond acceptors (Lipinski definition) is 7. The lowest BCUT2D eigenvalue weighted by atomic mass is 10.3. The Labute approximate surface area is 193 Å². The van der Waals surface area contributed by atoms with E-state index >= 15 is 0 Å². The van der Waals surface area contributed by atoms with Gasteiger partial charge in [0.05, 0.1) is 21.2 Å². The van der Waals surface area contributed by atoms with Crippen LogP contribution in [0.4, 0.5) is 5.13 Å². The zero-order valence-electron chi connectivity index (χ0n) is 16.9. The van der Waals surface area contributed by atoms with Gasteiger partial charge in [0.2, 0.25) is 5.91 Å². The second kappa shape index (κ2) is 10.1. The minimum atomic E-state index is -0.352. The number of rotatable bonds is 9. The second-order valence-corrected chi connectivity index (χ2v) is 10.0. The Kier molecular flexibility index (Phi) is 7.06. The second-order valence-electron chi connectivity index (χ2n) is 6.64. The normalized spacial score (nSPS) is 12.0. The maximum Gasteiger partial charge on any atom is 0.239 e. The monoisotopic (exact) mass is 467 g/mol. The van der Waals surface area contributed by atoms with Crippen molar-refractivity contribution < 1.29 is 4.79 Å². The van der Waals surface area contributed by atoms with Gasteiger partial charge in [-0.2, -0.15) is 0 Å². The van der Waals surface area contributed by atoms with E-state index in [9.17, 15) is 4.79 Å². The Balaban J connectivity index is 1.42. The summed E-state index contributed by atoms with van der Waals surface area (Å²) >= 11 is 4.55. The molecule has 0 saturated heterocycles. The number of allylic oxidation sites excluding steroid dienone is 1. The maximum atomic E-state index is 12.7. The summed E-state index contributed by atoms with van der Waals surface area (Å²) in [6.07, 6.45) is 1.82. The third-order valence-corrected chi connectivity index (χ3v) is 7.43. The van der Waals surface area contributed by atoms with E-state index in [0.29, 0.717) is 22.6 Å². The van der Waals surface area contributed by atoms with Crippen LogP contribution in [-0.4, -0.2) is 30.9 Å². The molecule has 0 aliphatic carbocycles. The number of anilines is 1. The molecule has 2 aromatic heterocycles. The summed E-state index contributed by atoms with van der Waals surface area (Å²) < 4.78 is 3.05. The Morgan fingerprint density at radius 1 is 1.19 bits per heavy atom. The zero-order chi connectivity index (χ0) is 21.6. The van der Waals surface area contributed by atoms with Gasteiger partial charge in [-0.05, 0) is 31.2 Å². The fourth-order valence-corrected chi connectivity index (χ4v) is 5.44. The topological polar surface area (TPSA) is 72.7 Å². The van der Waals surface area contributed by atoms with Crippen molar-refractivity contribution in [2.45, 2.75) is 34.5 Å². The molecular weight excluding hydrogens is 446 g/mol. The van der Waals surface area contributed by atoms with Gasteiger partial charge in [-0.25, -0.2) is 4.98 Å². The number of para-hydroxylation sites is 1. The molecular formula is C22H21N5OS3. The van der Waals surface area contributed by atoms with Crippen LogP contribution < -0.4 is 5.32 Å². The third kappa shape index (κ3) is 5.36. The lowest BCUT2D eigenvalue weighted by Gasteiger charge is -2.11. The summed E-state index contributed by atoms with van der Waals surface area (Å²) in [5.41, 5.74) is 0.884. The highest BCUT2D eigenvalue weighted by molar-refractivity contribution is 8.00. The van der Waals surface area contributed by atoms with Gasteiger partial charge in [-0.15, -0.1) is 28.5 Å². The first-order valence-electron chi connectivity index (χ1n) is 9.68. The number of nitrogens with zero attached hydrogens (tertiary/aromatic N) is 4. The average molecular weight is 468 g/mol. The number of fused-ring (bicyclic) bond motifs is 1. The fraction of sp³-hybridized carbons (Fsp3) is 0.182. The van der Waals surface area contributed by atoms with Crippen LogP contribution in [0.1, 0.15) is 12.7 Å². The number of amides is 1. The van der Waals surface area contributed by atoms with Gasteiger partial charge in [-0.1, -0.05) is 59.5 Å². The van der Waals surface area contributed by atoms with Gasteiger partial charge in [0.25, 0.3) is 0 Å². The molecule has 1 amide bonds. The van der Waals surface area contributed by atoms with Crippen molar-refractivity contribution in [3.8, 4) is 0 Å². The van der Waals surface area contributed by atoms with Crippen molar-refractivity contribution in [3.05, 3.63) is 73.1 Å². The van der Waals surface area contributed by atoms with Crippen molar-refractivity contribution in [1.29, 1.82) is 0 Å². The minimum Gasteiger partial charge on any atom is -0.301 e. The molecule has 0 aliphatic rings. The number of carbonyl (C=O) groups is 1. The predicted molar refractivity (Wildman–Crippen MR) is 130 cm³/mol. The van der Waals surface area contributed by atoms with E-state index in [2.05, 4.69) is 39.2 Å². The standard InChI is InChI=1S/C22H21N5OS3/c1-3-13-27-19(14-29-16-9-5-4-6-10-16)25-26-22(27)30-15(2)20(28)24-21-23-17-11-7-8-12-18(17)31-21/h3-12,15H,1,13-14H2,2H3,(H,23,24,28). The highest BCUT2D eigenvalue weighted by Crippen LogP contribution is 2.29. The van der Waals surface area contributed by atoms with E-state index in [4.69, 9.17) is 0 Å². The number of nitrogens with one attached hydrogen (secondary N) is 1. The van der Waals surface area contributed by atoms with E-state index in [0.717, 1.165) is 16.0 Å². The van der Waals surface area contributed by atoms with E-state index < -0.39 is 0 Å². The van der Waals surface area contributed by atoms with Crippen LogP contribution in [0.2, 0.25) is 0 Å². The number of benzene rings is 2. The van der Waals surface area contributed by atoms with Crippen LogP contribution in [0.15, 0.2) is 77.3 Å². The molecule has 1 N–H and O–H groups in total. The van der Waals surface area contributed by atoms with Gasteiger partial charge in [0, 0.05) is 11.4 Å². The van der Waals surface area contributed by atoms with Crippen LogP contribution in [-0.2, 0) is 17.1 Å². The molecule has 1 atom stereocenters. The molecule has 6 nitrogen and oxygen atoms in total. The first-order chi connectivity index (χ1) is 15.1. The molecule has 4 rings (SSSR count). The molecule has 31 heavy (non-hydrogen) atoms. The number of hydrogen-bond donors (Lipinski definition) is 1. The first kappa shape index (κ1) is 21.6. The van der Waals surface area contributed by atoms with Gasteiger partial charge in [-0.3, -0.25) is 4.79 Å². The van der Waals surface area contributed by atoms with Crippen molar-refractivity contribution in [1.82, 2.24) is 19.7 Å². The molecule has 4 aromatic rings. The molecule has 158 valence electrons. The quantitative estimate of drug-likeness (QED) is 0.259. The maximum absolute atomic E-state index is 12.7. The SMILES string of the molecule is C=CCn1c(CSc2ccccc2)nnc1SC(C)C(=O)Nc1nc2ccccc2s1. The average Bonchev–Trinajstić information content (AvgIpc) is 3.36. The molecule has 9 heteroatoms. The molecule has 0 fully saturated rings. The van der Waals surface area contributed by atoms with E-state index in [1.807, 2.05) is 60.0 Å². The Bertz CT molecular complexity index is 1160. The fourth-order valence-electron chi connectivity index (χ4n) is 2.83. The summed E-state index contributed by atoms with van der Waals surface area (Å²) in [6, 6.07) is 18.0. The third-order valence-electron chi connectivity index (χ3n) is 4.39. The first-order valence-corrected chi connectivity index (χ1v) is 12.4. The Morgan fingerprint density at radius 2 is 1.97 bits per heavy atom. The summed E-state index contributed by atoms with van der Waals surface area (Å²) in [5.74, 6) is 1.44. The van der Waals surface area contributed by atoms with Gasteiger partial charge in [0.15, 0.2) is 10.3 Å². The molecule has 0 radical (unpaired) electrons. The van der Waals surface area contributed by atoms with Crippen LogP contribution in [0.25, 0.3) is 10.2 Å². The Morgan fingerprint density at radius 3 is 2.74 bits per heavy atom. The number of aromatic nitrogens is 4. The summed E-state index contributed by atoms with van der Waals surface area (Å²) in [4.78, 5) is 18.4. The van der Waals surface area contributed by atoms with Gasteiger partial charge in [0.1, 0.15) is 5.82 Å². The molecule has 0 aliphatic heterocycles. The van der Waals surface area contributed by atoms with E-state index in [-0.39, 0.29) is 11.2 Å². The van der Waals surface area contributed by atoms with Crippen molar-refractivity contribution in [3.63, 3.8) is 0 Å². The van der Waals surface area contributed by atoms with Crippen LogP contribution in [0.5, 0.6) is 0 Å². The molecule has 0 saturated carbocycles. The number of thioether (sulfide) groups is 2. The smallest absolute Gasteiger partial charge is 0.239 e. The Hall–Kier alpha value is -2.62. The minimum absolute atomic E-state index is 0.114. The summed E-state index contributed by atoms with van der Waals surface area (Å²) in [6.45, 7) is 6.30. The zero-order valence-corrected chi connectivity index (χ0v) is 19.3. The summed E-state index contributed by atoms with van der Waals surface area (Å²) in [7, 11) is 0. The molecule has 0 bridgehead atoms. The molecule has 1 unspecified atom stereocenters. The highest BCUT2D eigenvalue weighted by atomic mass is 32.2. The van der Waals surface area contributed by atoms with Gasteiger partial charge < -0.3 is 9.88 Å². The van der Waals surface area contributed by atoms with Gasteiger partial charge >= 0.3 is 0 Å².